The Morgan fingerprint density at radius 3 is 2.00 bits per heavy atom. The first-order valence-corrected chi connectivity index (χ1v) is 8.02. The highest BCUT2D eigenvalue weighted by Gasteiger charge is 2.14. The summed E-state index contributed by atoms with van der Waals surface area (Å²) < 4.78 is 0. The van der Waals surface area contributed by atoms with Gasteiger partial charge in [-0.3, -0.25) is 4.90 Å². The van der Waals surface area contributed by atoms with Gasteiger partial charge in [0.05, 0.1) is 0 Å². The Morgan fingerprint density at radius 2 is 1.39 bits per heavy atom. The van der Waals surface area contributed by atoms with E-state index in [2.05, 4.69) is 29.0 Å². The number of nitrogens with zero attached hydrogens (tertiary/aromatic N) is 2. The van der Waals surface area contributed by atoms with E-state index >= 15 is 0 Å². The highest BCUT2D eigenvalue weighted by atomic mass is 15.3. The maximum absolute atomic E-state index is 3.57. The predicted octanol–water partition coefficient (Wildman–Crippen LogP) is 2.18. The number of hydrogen-bond donors (Lipinski definition) is 1. The van der Waals surface area contributed by atoms with Crippen molar-refractivity contribution in [3.8, 4) is 0 Å². The molecule has 108 valence electrons. The van der Waals surface area contributed by atoms with Gasteiger partial charge < -0.3 is 10.2 Å². The first kappa shape index (κ1) is 15.9. The van der Waals surface area contributed by atoms with Crippen LogP contribution < -0.4 is 5.32 Å². The average Bonchev–Trinajstić information content (AvgIpc) is 2.40. The largest absolute Gasteiger partial charge is 0.315 e. The Bertz CT molecular complexity index is 177. The van der Waals surface area contributed by atoms with Crippen molar-refractivity contribution < 1.29 is 0 Å². The summed E-state index contributed by atoms with van der Waals surface area (Å²) in [6.45, 7) is 14.5. The fourth-order valence-corrected chi connectivity index (χ4v) is 2.59. The molecule has 18 heavy (non-hydrogen) atoms. The fourth-order valence-electron chi connectivity index (χ4n) is 2.59. The zero-order chi connectivity index (χ0) is 13.1. The van der Waals surface area contributed by atoms with Gasteiger partial charge in [-0.05, 0) is 25.9 Å². The van der Waals surface area contributed by atoms with E-state index in [-0.39, 0.29) is 0 Å². The van der Waals surface area contributed by atoms with E-state index in [9.17, 15) is 0 Å². The van der Waals surface area contributed by atoms with Crippen LogP contribution in [-0.2, 0) is 0 Å². The van der Waals surface area contributed by atoms with Crippen molar-refractivity contribution in [1.29, 1.82) is 0 Å². The minimum absolute atomic E-state index is 1.17. The van der Waals surface area contributed by atoms with Gasteiger partial charge in [0.15, 0.2) is 0 Å². The van der Waals surface area contributed by atoms with Gasteiger partial charge >= 0.3 is 0 Å². The lowest BCUT2D eigenvalue weighted by atomic mass is 10.2. The van der Waals surface area contributed by atoms with Crippen LogP contribution in [0.5, 0.6) is 0 Å². The first-order valence-electron chi connectivity index (χ1n) is 8.02. The van der Waals surface area contributed by atoms with Crippen LogP contribution in [0.15, 0.2) is 0 Å². The van der Waals surface area contributed by atoms with Gasteiger partial charge in [0.2, 0.25) is 0 Å². The van der Waals surface area contributed by atoms with Crippen molar-refractivity contribution >= 4 is 0 Å². The minimum Gasteiger partial charge on any atom is -0.315 e. The second-order valence-electron chi connectivity index (χ2n) is 5.49. The normalized spacial score (nSPS) is 18.3. The second-order valence-corrected chi connectivity index (χ2v) is 5.49. The third-order valence-electron chi connectivity index (χ3n) is 3.82. The third-order valence-corrected chi connectivity index (χ3v) is 3.82. The number of nitrogens with one attached hydrogen (secondary N) is 1. The first-order chi connectivity index (χ1) is 8.86. The highest BCUT2D eigenvalue weighted by molar-refractivity contribution is 4.71. The van der Waals surface area contributed by atoms with Crippen LogP contribution in [0.4, 0.5) is 0 Å². The Labute approximate surface area is 114 Å². The molecule has 0 spiro atoms. The smallest absolute Gasteiger partial charge is 0.0110 e. The van der Waals surface area contributed by atoms with Crippen LogP contribution in [0, 0.1) is 0 Å². The van der Waals surface area contributed by atoms with Crippen molar-refractivity contribution in [2.24, 2.45) is 0 Å². The van der Waals surface area contributed by atoms with E-state index in [0.717, 1.165) is 0 Å². The molecule has 1 heterocycles. The van der Waals surface area contributed by atoms with Crippen LogP contribution in [0.25, 0.3) is 0 Å². The van der Waals surface area contributed by atoms with Crippen molar-refractivity contribution in [2.75, 3.05) is 52.4 Å². The van der Waals surface area contributed by atoms with Gasteiger partial charge in [-0.25, -0.2) is 0 Å². The van der Waals surface area contributed by atoms with E-state index in [4.69, 9.17) is 0 Å². The summed E-state index contributed by atoms with van der Waals surface area (Å²) in [5.74, 6) is 0. The molecule has 1 saturated heterocycles. The molecule has 1 aliphatic rings. The van der Waals surface area contributed by atoms with Crippen molar-refractivity contribution in [1.82, 2.24) is 15.1 Å². The Kier molecular flexibility index (Phi) is 9.54. The van der Waals surface area contributed by atoms with Gasteiger partial charge in [0, 0.05) is 39.3 Å². The Hall–Kier alpha value is -0.120. The zero-order valence-electron chi connectivity index (χ0n) is 12.6. The maximum atomic E-state index is 3.57. The molecule has 0 amide bonds. The predicted molar refractivity (Wildman–Crippen MR) is 80.2 cm³/mol. The molecule has 0 aliphatic carbocycles. The van der Waals surface area contributed by atoms with Crippen molar-refractivity contribution in [3.05, 3.63) is 0 Å². The zero-order valence-corrected chi connectivity index (χ0v) is 12.6. The summed E-state index contributed by atoms with van der Waals surface area (Å²) in [4.78, 5) is 5.19. The monoisotopic (exact) mass is 255 g/mol. The van der Waals surface area contributed by atoms with Crippen LogP contribution in [-0.4, -0.2) is 62.2 Å². The summed E-state index contributed by atoms with van der Waals surface area (Å²) in [5, 5.41) is 3.57. The van der Waals surface area contributed by atoms with Crippen molar-refractivity contribution in [2.45, 2.75) is 46.0 Å². The summed E-state index contributed by atoms with van der Waals surface area (Å²) in [7, 11) is 0. The molecule has 0 bridgehead atoms. The van der Waals surface area contributed by atoms with Gasteiger partial charge in [-0.15, -0.1) is 0 Å². The minimum atomic E-state index is 1.17. The molecule has 0 saturated carbocycles. The second kappa shape index (κ2) is 10.8. The van der Waals surface area contributed by atoms with E-state index < -0.39 is 0 Å². The summed E-state index contributed by atoms with van der Waals surface area (Å²) in [6, 6.07) is 0. The summed E-state index contributed by atoms with van der Waals surface area (Å²) >= 11 is 0. The van der Waals surface area contributed by atoms with Crippen LogP contribution >= 0.6 is 0 Å². The molecule has 1 fully saturated rings. The number of rotatable bonds is 10. The average molecular weight is 255 g/mol. The number of piperazine rings is 1. The van der Waals surface area contributed by atoms with Crippen LogP contribution in [0.3, 0.4) is 0 Å². The number of hydrogen-bond acceptors (Lipinski definition) is 3. The SMILES string of the molecule is CCCCCCNCCN1CCN(CCC)CC1. The third kappa shape index (κ3) is 7.34. The fraction of sp³-hybridized carbons (Fsp3) is 1.00. The molecule has 0 atom stereocenters. The molecule has 0 aromatic carbocycles. The maximum Gasteiger partial charge on any atom is 0.0110 e. The summed E-state index contributed by atoms with van der Waals surface area (Å²) in [5.41, 5.74) is 0. The lowest BCUT2D eigenvalue weighted by molar-refractivity contribution is 0.133. The van der Waals surface area contributed by atoms with Crippen molar-refractivity contribution in [3.63, 3.8) is 0 Å². The molecule has 0 aromatic heterocycles. The standard InChI is InChI=1S/C15H33N3/c1-3-5-6-7-8-16-9-11-18-14-12-17(10-4-2)13-15-18/h16H,3-15H2,1-2H3. The van der Waals surface area contributed by atoms with Crippen LogP contribution in [0.1, 0.15) is 46.0 Å². The van der Waals surface area contributed by atoms with Gasteiger partial charge in [-0.2, -0.15) is 0 Å². The molecule has 0 unspecified atom stereocenters. The van der Waals surface area contributed by atoms with E-state index in [1.807, 2.05) is 0 Å². The molecule has 3 heteroatoms. The topological polar surface area (TPSA) is 18.5 Å². The Morgan fingerprint density at radius 1 is 0.722 bits per heavy atom. The molecule has 1 N–H and O–H groups in total. The molecular formula is C15H33N3. The molecule has 1 aliphatic heterocycles. The highest BCUT2D eigenvalue weighted by Crippen LogP contribution is 2.01. The van der Waals surface area contributed by atoms with E-state index in [1.165, 1.54) is 84.5 Å². The molecular weight excluding hydrogens is 222 g/mol. The quantitative estimate of drug-likeness (QED) is 0.604. The lowest BCUT2D eigenvalue weighted by Crippen LogP contribution is -2.48. The van der Waals surface area contributed by atoms with E-state index in [1.54, 1.807) is 0 Å². The lowest BCUT2D eigenvalue weighted by Gasteiger charge is -2.34. The van der Waals surface area contributed by atoms with Gasteiger partial charge in [0.25, 0.3) is 0 Å². The molecule has 0 radical (unpaired) electrons. The Balaban J connectivity index is 1.88. The molecule has 1 rings (SSSR count). The van der Waals surface area contributed by atoms with Crippen LogP contribution in [0.2, 0.25) is 0 Å². The van der Waals surface area contributed by atoms with E-state index in [0.29, 0.717) is 0 Å². The summed E-state index contributed by atoms with van der Waals surface area (Å²) in [6.07, 6.45) is 6.75. The van der Waals surface area contributed by atoms with Gasteiger partial charge in [-0.1, -0.05) is 33.1 Å². The molecule has 3 nitrogen and oxygen atoms in total. The van der Waals surface area contributed by atoms with Gasteiger partial charge in [0.1, 0.15) is 0 Å². The number of unbranched alkanes of at least 4 members (excludes halogenated alkanes) is 3. The molecule has 0 aromatic rings.